The van der Waals surface area contributed by atoms with Gasteiger partial charge in [-0.25, -0.2) is 4.79 Å². The van der Waals surface area contributed by atoms with Crippen LogP contribution in [-0.2, 0) is 20.7 Å². The third kappa shape index (κ3) is 4.00. The molecule has 1 unspecified atom stereocenters. The summed E-state index contributed by atoms with van der Waals surface area (Å²) in [4.78, 5) is 23.1. The van der Waals surface area contributed by atoms with Crippen LogP contribution in [0, 0.1) is 0 Å². The van der Waals surface area contributed by atoms with Crippen molar-refractivity contribution in [2.75, 3.05) is 13.7 Å². The molecule has 1 aromatic rings. The summed E-state index contributed by atoms with van der Waals surface area (Å²) in [6.45, 7) is -0.128. The van der Waals surface area contributed by atoms with E-state index < -0.39 is 12.1 Å². The fraction of sp³-hybridized carbons (Fsp3) is 0.400. The zero-order valence-corrected chi connectivity index (χ0v) is 9.62. The van der Waals surface area contributed by atoms with Gasteiger partial charge in [-0.1, -0.05) is 6.07 Å². The van der Waals surface area contributed by atoms with E-state index in [0.717, 1.165) is 4.88 Å². The lowest BCUT2D eigenvalue weighted by Crippen LogP contribution is -2.37. The van der Waals surface area contributed by atoms with Crippen LogP contribution in [0.4, 0.5) is 0 Å². The fourth-order valence-electron chi connectivity index (χ4n) is 1.06. The molecule has 0 radical (unpaired) electrons. The third-order valence-corrected chi connectivity index (χ3v) is 2.76. The number of hydrogen-bond donors (Lipinski definition) is 2. The minimum atomic E-state index is -1.31. The van der Waals surface area contributed by atoms with Crippen molar-refractivity contribution in [1.29, 1.82) is 0 Å². The van der Waals surface area contributed by atoms with E-state index in [-0.39, 0.29) is 18.9 Å². The predicted molar refractivity (Wildman–Crippen MR) is 59.1 cm³/mol. The average Bonchev–Trinajstić information content (AvgIpc) is 2.77. The molecule has 0 saturated carbocycles. The van der Waals surface area contributed by atoms with Crippen LogP contribution in [0.2, 0.25) is 0 Å². The van der Waals surface area contributed by atoms with E-state index in [2.05, 4.69) is 10.1 Å². The third-order valence-electron chi connectivity index (χ3n) is 1.88. The van der Waals surface area contributed by atoms with Gasteiger partial charge in [-0.2, -0.15) is 0 Å². The highest BCUT2D eigenvalue weighted by Crippen LogP contribution is 2.08. The Morgan fingerprint density at radius 1 is 1.62 bits per heavy atom. The summed E-state index contributed by atoms with van der Waals surface area (Å²) in [5, 5.41) is 13.5. The molecular weight excluding hydrogens is 230 g/mol. The number of aliphatic hydroxyl groups excluding tert-OH is 1. The van der Waals surface area contributed by atoms with E-state index >= 15 is 0 Å². The van der Waals surface area contributed by atoms with Gasteiger partial charge in [0, 0.05) is 4.88 Å². The maximum atomic E-state index is 11.4. The molecule has 1 rings (SSSR count). The summed E-state index contributed by atoms with van der Waals surface area (Å²) >= 11 is 1.48. The molecule has 6 heteroatoms. The Morgan fingerprint density at radius 3 is 2.94 bits per heavy atom. The highest BCUT2D eigenvalue weighted by Gasteiger charge is 2.16. The second kappa shape index (κ2) is 6.24. The number of carbonyl (C=O) groups is 2. The molecule has 0 saturated heterocycles. The molecule has 0 bridgehead atoms. The molecule has 0 fully saturated rings. The Labute approximate surface area is 97.0 Å². The molecule has 1 atom stereocenters. The van der Waals surface area contributed by atoms with Crippen LogP contribution < -0.4 is 5.32 Å². The van der Waals surface area contributed by atoms with Crippen LogP contribution in [0.3, 0.4) is 0 Å². The number of amides is 1. The van der Waals surface area contributed by atoms with Crippen LogP contribution >= 0.6 is 11.3 Å². The fourth-order valence-corrected chi connectivity index (χ4v) is 1.77. The molecule has 0 aliphatic carbocycles. The normalized spacial score (nSPS) is 11.9. The molecule has 88 valence electrons. The quantitative estimate of drug-likeness (QED) is 0.710. The van der Waals surface area contributed by atoms with Crippen molar-refractivity contribution in [2.45, 2.75) is 12.5 Å². The molecule has 5 nitrogen and oxygen atoms in total. The van der Waals surface area contributed by atoms with E-state index in [1.807, 2.05) is 17.5 Å². The number of hydrogen-bond acceptors (Lipinski definition) is 5. The van der Waals surface area contributed by atoms with Crippen molar-refractivity contribution in [2.24, 2.45) is 0 Å². The van der Waals surface area contributed by atoms with Gasteiger partial charge in [0.1, 0.15) is 0 Å². The molecule has 0 spiro atoms. The minimum absolute atomic E-state index is 0.128. The van der Waals surface area contributed by atoms with Gasteiger partial charge in [0.15, 0.2) is 6.10 Å². The van der Waals surface area contributed by atoms with Crippen LogP contribution in [0.25, 0.3) is 0 Å². The first-order valence-corrected chi connectivity index (χ1v) is 5.56. The van der Waals surface area contributed by atoms with E-state index in [4.69, 9.17) is 0 Å². The van der Waals surface area contributed by atoms with Gasteiger partial charge in [0.05, 0.1) is 20.1 Å². The lowest BCUT2D eigenvalue weighted by atomic mass is 10.3. The van der Waals surface area contributed by atoms with Gasteiger partial charge in [-0.15, -0.1) is 11.3 Å². The van der Waals surface area contributed by atoms with Gasteiger partial charge in [-0.05, 0) is 11.4 Å². The first-order chi connectivity index (χ1) is 7.63. The summed E-state index contributed by atoms with van der Waals surface area (Å²) in [7, 11) is 1.18. The molecule has 0 aromatic carbocycles. The van der Waals surface area contributed by atoms with Gasteiger partial charge in [-0.3, -0.25) is 4.79 Å². The van der Waals surface area contributed by atoms with Crippen molar-refractivity contribution in [3.8, 4) is 0 Å². The van der Waals surface area contributed by atoms with Crippen molar-refractivity contribution in [3.63, 3.8) is 0 Å². The summed E-state index contributed by atoms with van der Waals surface area (Å²) < 4.78 is 4.31. The summed E-state index contributed by atoms with van der Waals surface area (Å²) in [5.41, 5.74) is 0. The molecule has 1 aromatic heterocycles. The van der Waals surface area contributed by atoms with E-state index in [9.17, 15) is 14.7 Å². The highest BCUT2D eigenvalue weighted by atomic mass is 32.1. The first-order valence-electron chi connectivity index (χ1n) is 4.68. The maximum absolute atomic E-state index is 11.4. The van der Waals surface area contributed by atoms with Crippen molar-refractivity contribution in [3.05, 3.63) is 22.4 Å². The smallest absolute Gasteiger partial charge is 0.336 e. The monoisotopic (exact) mass is 243 g/mol. The van der Waals surface area contributed by atoms with Gasteiger partial charge in [0.25, 0.3) is 0 Å². The predicted octanol–water partition coefficient (Wildman–Crippen LogP) is -0.0593. The minimum Gasteiger partial charge on any atom is -0.467 e. The highest BCUT2D eigenvalue weighted by molar-refractivity contribution is 7.10. The molecule has 1 amide bonds. The Hall–Kier alpha value is -1.40. The molecular formula is C10H13NO4S. The van der Waals surface area contributed by atoms with Gasteiger partial charge < -0.3 is 15.2 Å². The number of thiophene rings is 1. The van der Waals surface area contributed by atoms with Crippen molar-refractivity contribution >= 4 is 23.2 Å². The molecule has 1 heterocycles. The number of ether oxygens (including phenoxy) is 1. The van der Waals surface area contributed by atoms with Crippen LogP contribution in [0.1, 0.15) is 4.88 Å². The van der Waals surface area contributed by atoms with Crippen LogP contribution in [-0.4, -0.2) is 36.7 Å². The van der Waals surface area contributed by atoms with E-state index in [1.165, 1.54) is 18.4 Å². The lowest BCUT2D eigenvalue weighted by Gasteiger charge is -2.09. The molecule has 16 heavy (non-hydrogen) atoms. The average molecular weight is 243 g/mol. The largest absolute Gasteiger partial charge is 0.467 e. The second-order valence-corrected chi connectivity index (χ2v) is 4.13. The maximum Gasteiger partial charge on any atom is 0.336 e. The number of methoxy groups -OCH3 is 1. The Morgan fingerprint density at radius 2 is 2.38 bits per heavy atom. The Kier molecular flexibility index (Phi) is 4.94. The number of aliphatic hydroxyl groups is 1. The Bertz CT molecular complexity index is 350. The lowest BCUT2D eigenvalue weighted by molar-refractivity contribution is -0.150. The topological polar surface area (TPSA) is 75.6 Å². The number of nitrogens with one attached hydrogen (secondary N) is 1. The first kappa shape index (κ1) is 12.7. The van der Waals surface area contributed by atoms with Gasteiger partial charge in [0.2, 0.25) is 5.91 Å². The summed E-state index contributed by atoms with van der Waals surface area (Å²) in [6.07, 6.45) is -1.05. The standard InChI is InChI=1S/C10H13NO4S/c1-15-10(14)8(12)6-11-9(13)5-7-3-2-4-16-7/h2-4,8,12H,5-6H2,1H3,(H,11,13). The summed E-state index contributed by atoms with van der Waals surface area (Å²) in [6, 6.07) is 3.71. The number of esters is 1. The number of rotatable bonds is 5. The van der Waals surface area contributed by atoms with Crippen LogP contribution in [0.15, 0.2) is 17.5 Å². The van der Waals surface area contributed by atoms with Gasteiger partial charge >= 0.3 is 5.97 Å². The van der Waals surface area contributed by atoms with Crippen molar-refractivity contribution < 1.29 is 19.4 Å². The van der Waals surface area contributed by atoms with Crippen molar-refractivity contribution in [1.82, 2.24) is 5.32 Å². The SMILES string of the molecule is COC(=O)C(O)CNC(=O)Cc1cccs1. The van der Waals surface area contributed by atoms with E-state index in [1.54, 1.807) is 0 Å². The molecule has 0 aliphatic rings. The number of carbonyl (C=O) groups excluding carboxylic acids is 2. The zero-order chi connectivity index (χ0) is 12.0. The molecule has 2 N–H and O–H groups in total. The molecule has 0 aliphatic heterocycles. The summed E-state index contributed by atoms with van der Waals surface area (Å²) in [5.74, 6) is -0.984. The van der Waals surface area contributed by atoms with Crippen LogP contribution in [0.5, 0.6) is 0 Å². The second-order valence-electron chi connectivity index (χ2n) is 3.10. The zero-order valence-electron chi connectivity index (χ0n) is 8.80. The Balaban J connectivity index is 2.28. The van der Waals surface area contributed by atoms with E-state index in [0.29, 0.717) is 0 Å².